The number of aryl methyl sites for hydroxylation is 1. The molecule has 1 aliphatic rings. The predicted molar refractivity (Wildman–Crippen MR) is 121 cm³/mol. The Kier molecular flexibility index (Phi) is 5.61. The van der Waals surface area contributed by atoms with Gasteiger partial charge in [-0.2, -0.15) is 5.10 Å². The molecule has 6 nitrogen and oxygen atoms in total. The van der Waals surface area contributed by atoms with Crippen molar-refractivity contribution in [3.63, 3.8) is 0 Å². The van der Waals surface area contributed by atoms with Crippen molar-refractivity contribution in [2.45, 2.75) is 31.2 Å². The van der Waals surface area contributed by atoms with Crippen molar-refractivity contribution in [3.8, 4) is 0 Å². The van der Waals surface area contributed by atoms with E-state index in [-0.39, 0.29) is 16.8 Å². The van der Waals surface area contributed by atoms with Gasteiger partial charge in [0.25, 0.3) is 10.0 Å². The maximum absolute atomic E-state index is 12.9. The van der Waals surface area contributed by atoms with Gasteiger partial charge in [0.05, 0.1) is 22.3 Å². The molecule has 7 heteroatoms. The minimum Gasteiger partial charge on any atom is -0.279 e. The number of para-hydroxylation sites is 1. The number of amides is 1. The second-order valence-corrected chi connectivity index (χ2v) is 9.13. The number of carbonyl (C=O) groups excluding carboxylic acids is 1. The van der Waals surface area contributed by atoms with Gasteiger partial charge >= 0.3 is 0 Å². The van der Waals surface area contributed by atoms with Crippen molar-refractivity contribution < 1.29 is 13.2 Å². The number of hydrogen-bond acceptors (Lipinski definition) is 4. The quantitative estimate of drug-likeness (QED) is 0.644. The molecular weight excluding hydrogens is 410 g/mol. The van der Waals surface area contributed by atoms with Gasteiger partial charge in [-0.1, -0.05) is 60.7 Å². The van der Waals surface area contributed by atoms with E-state index in [2.05, 4.69) is 9.82 Å². The van der Waals surface area contributed by atoms with Crippen LogP contribution in [0.4, 0.5) is 5.69 Å². The fourth-order valence-electron chi connectivity index (χ4n) is 3.79. The number of rotatable bonds is 5. The molecule has 0 saturated carbocycles. The summed E-state index contributed by atoms with van der Waals surface area (Å²) in [7, 11) is -3.75. The number of hydrazone groups is 1. The van der Waals surface area contributed by atoms with Crippen molar-refractivity contribution >= 4 is 27.3 Å². The summed E-state index contributed by atoms with van der Waals surface area (Å²) in [5.41, 5.74) is 3.85. The molecule has 1 heterocycles. The van der Waals surface area contributed by atoms with Gasteiger partial charge in [-0.25, -0.2) is 13.4 Å². The van der Waals surface area contributed by atoms with E-state index in [9.17, 15) is 13.2 Å². The van der Waals surface area contributed by atoms with Gasteiger partial charge in [0, 0.05) is 18.9 Å². The van der Waals surface area contributed by atoms with Gasteiger partial charge in [-0.3, -0.25) is 9.52 Å². The number of benzene rings is 3. The summed E-state index contributed by atoms with van der Waals surface area (Å²) in [5, 5.41) is 6.07. The van der Waals surface area contributed by atoms with Crippen LogP contribution in [-0.2, 0) is 14.8 Å². The average molecular weight is 434 g/mol. The second kappa shape index (κ2) is 8.35. The fraction of sp³-hybridized carbons (Fsp3) is 0.167. The molecule has 0 bridgehead atoms. The summed E-state index contributed by atoms with van der Waals surface area (Å²) in [5.74, 6) is -0.161. The third-order valence-electron chi connectivity index (χ3n) is 5.32. The lowest BCUT2D eigenvalue weighted by Crippen LogP contribution is -2.24. The Hall–Kier alpha value is -3.45. The van der Waals surface area contributed by atoms with Crippen LogP contribution in [0.2, 0.25) is 0 Å². The van der Waals surface area contributed by atoms with Crippen LogP contribution < -0.4 is 4.72 Å². The minimum absolute atomic E-state index is 0.161. The Morgan fingerprint density at radius 3 is 2.32 bits per heavy atom. The highest BCUT2D eigenvalue weighted by molar-refractivity contribution is 7.92. The van der Waals surface area contributed by atoms with Crippen molar-refractivity contribution in [1.29, 1.82) is 0 Å². The maximum Gasteiger partial charge on any atom is 0.261 e. The molecule has 3 aromatic carbocycles. The van der Waals surface area contributed by atoms with E-state index in [0.717, 1.165) is 11.1 Å². The van der Waals surface area contributed by atoms with Crippen LogP contribution in [0.3, 0.4) is 0 Å². The maximum atomic E-state index is 12.9. The number of carbonyl (C=O) groups is 1. The topological polar surface area (TPSA) is 78.8 Å². The zero-order valence-corrected chi connectivity index (χ0v) is 18.1. The first-order valence-electron chi connectivity index (χ1n) is 9.97. The van der Waals surface area contributed by atoms with Crippen LogP contribution in [0.15, 0.2) is 88.9 Å². The molecule has 0 fully saturated rings. The fourth-order valence-corrected chi connectivity index (χ4v) is 4.89. The van der Waals surface area contributed by atoms with Gasteiger partial charge in [0.2, 0.25) is 5.91 Å². The molecule has 0 saturated heterocycles. The normalized spacial score (nSPS) is 16.1. The zero-order chi connectivity index (χ0) is 22.0. The van der Waals surface area contributed by atoms with Crippen LogP contribution in [-0.4, -0.2) is 25.0 Å². The standard InChI is InChI=1S/C24H23N3O3S/c1-17-10-6-7-13-20(17)24-16-23(25-27(24)18(2)28)21-14-8-9-15-22(21)26-31(29,30)19-11-4-3-5-12-19/h3-15,24,26H,16H2,1-2H3/t24-/m1/s1. The van der Waals surface area contributed by atoms with Gasteiger partial charge in [-0.15, -0.1) is 0 Å². The molecule has 0 radical (unpaired) electrons. The molecule has 1 atom stereocenters. The Balaban J connectivity index is 1.70. The summed E-state index contributed by atoms with van der Waals surface area (Å²) in [6, 6.07) is 23.0. The average Bonchev–Trinajstić information content (AvgIpc) is 3.20. The summed E-state index contributed by atoms with van der Waals surface area (Å²) in [4.78, 5) is 12.5. The van der Waals surface area contributed by atoms with E-state index in [4.69, 9.17) is 0 Å². The lowest BCUT2D eigenvalue weighted by atomic mass is 9.95. The van der Waals surface area contributed by atoms with Gasteiger partial charge in [0.15, 0.2) is 0 Å². The van der Waals surface area contributed by atoms with Crippen LogP contribution >= 0.6 is 0 Å². The van der Waals surface area contributed by atoms with Crippen molar-refractivity contribution in [2.24, 2.45) is 5.10 Å². The van der Waals surface area contributed by atoms with E-state index in [1.807, 2.05) is 43.3 Å². The first kappa shape index (κ1) is 20.8. The number of nitrogens with zero attached hydrogens (tertiary/aromatic N) is 2. The van der Waals surface area contributed by atoms with Gasteiger partial charge in [-0.05, 0) is 36.2 Å². The predicted octanol–water partition coefficient (Wildman–Crippen LogP) is 4.49. The molecule has 31 heavy (non-hydrogen) atoms. The summed E-state index contributed by atoms with van der Waals surface area (Å²) in [6.07, 6.45) is 0.495. The van der Waals surface area contributed by atoms with E-state index in [0.29, 0.717) is 23.4 Å². The minimum atomic E-state index is -3.75. The first-order chi connectivity index (χ1) is 14.9. The number of anilines is 1. The van der Waals surface area contributed by atoms with Crippen LogP contribution in [0, 0.1) is 6.92 Å². The SMILES string of the molecule is CC(=O)N1N=C(c2ccccc2NS(=O)(=O)c2ccccc2)C[C@@H]1c1ccccc1C. The summed E-state index contributed by atoms with van der Waals surface area (Å²) in [6.45, 7) is 3.50. The van der Waals surface area contributed by atoms with E-state index in [1.54, 1.807) is 42.5 Å². The molecule has 0 unspecified atom stereocenters. The summed E-state index contributed by atoms with van der Waals surface area (Å²) >= 11 is 0. The van der Waals surface area contributed by atoms with Crippen molar-refractivity contribution in [3.05, 3.63) is 95.6 Å². The molecule has 1 amide bonds. The first-order valence-corrected chi connectivity index (χ1v) is 11.5. The molecular formula is C24H23N3O3S. The Labute approximate surface area is 182 Å². The highest BCUT2D eigenvalue weighted by Gasteiger charge is 2.33. The molecule has 0 spiro atoms. The van der Waals surface area contributed by atoms with Crippen LogP contribution in [0.25, 0.3) is 0 Å². The summed E-state index contributed by atoms with van der Waals surface area (Å²) < 4.78 is 28.4. The number of sulfonamides is 1. The van der Waals surface area contributed by atoms with E-state index in [1.165, 1.54) is 11.9 Å². The third kappa shape index (κ3) is 4.22. The second-order valence-electron chi connectivity index (χ2n) is 7.45. The Morgan fingerprint density at radius 2 is 1.61 bits per heavy atom. The van der Waals surface area contributed by atoms with E-state index < -0.39 is 10.0 Å². The third-order valence-corrected chi connectivity index (χ3v) is 6.70. The highest BCUT2D eigenvalue weighted by atomic mass is 32.2. The monoisotopic (exact) mass is 433 g/mol. The van der Waals surface area contributed by atoms with Gasteiger partial charge < -0.3 is 0 Å². The largest absolute Gasteiger partial charge is 0.279 e. The van der Waals surface area contributed by atoms with E-state index >= 15 is 0 Å². The molecule has 3 aromatic rings. The van der Waals surface area contributed by atoms with Crippen LogP contribution in [0.1, 0.15) is 36.1 Å². The molecule has 4 rings (SSSR count). The van der Waals surface area contributed by atoms with Crippen LogP contribution in [0.5, 0.6) is 0 Å². The number of hydrogen-bond donors (Lipinski definition) is 1. The van der Waals surface area contributed by atoms with Crippen molar-refractivity contribution in [1.82, 2.24) is 5.01 Å². The molecule has 1 aliphatic heterocycles. The zero-order valence-electron chi connectivity index (χ0n) is 17.3. The molecule has 0 aromatic heterocycles. The number of nitrogens with one attached hydrogen (secondary N) is 1. The molecule has 1 N–H and O–H groups in total. The highest BCUT2D eigenvalue weighted by Crippen LogP contribution is 2.36. The lowest BCUT2D eigenvalue weighted by molar-refractivity contribution is -0.130. The van der Waals surface area contributed by atoms with Crippen molar-refractivity contribution in [2.75, 3.05) is 4.72 Å². The van der Waals surface area contributed by atoms with Gasteiger partial charge in [0.1, 0.15) is 0 Å². The lowest BCUT2D eigenvalue weighted by Gasteiger charge is -2.22. The molecule has 158 valence electrons. The Bertz CT molecular complexity index is 1250. The Morgan fingerprint density at radius 1 is 0.968 bits per heavy atom. The molecule has 0 aliphatic carbocycles. The smallest absolute Gasteiger partial charge is 0.261 e.